The predicted octanol–water partition coefficient (Wildman–Crippen LogP) is 1.28. The number of carbonyl (C=O) groups excluding carboxylic acids is 1. The van der Waals surface area contributed by atoms with E-state index in [-0.39, 0.29) is 5.75 Å². The van der Waals surface area contributed by atoms with Gasteiger partial charge in [0.2, 0.25) is 0 Å². The maximum Gasteiger partial charge on any atom is 0.318 e. The van der Waals surface area contributed by atoms with Crippen LogP contribution < -0.4 is 0 Å². The Morgan fingerprint density at radius 3 is 2.43 bits per heavy atom. The van der Waals surface area contributed by atoms with Crippen molar-refractivity contribution in [3.05, 3.63) is 29.8 Å². The Balaban J connectivity index is 2.70. The van der Waals surface area contributed by atoms with Gasteiger partial charge in [0, 0.05) is 4.90 Å². The van der Waals surface area contributed by atoms with Crippen molar-refractivity contribution in [2.45, 2.75) is 11.8 Å². The van der Waals surface area contributed by atoms with Gasteiger partial charge in [-0.05, 0) is 19.1 Å². The molecule has 0 N–H and O–H groups in total. The minimum Gasteiger partial charge on any atom is -0.468 e. The van der Waals surface area contributed by atoms with Crippen molar-refractivity contribution < 1.29 is 13.7 Å². The van der Waals surface area contributed by atoms with Gasteiger partial charge >= 0.3 is 5.97 Å². The smallest absolute Gasteiger partial charge is 0.318 e. The van der Waals surface area contributed by atoms with Crippen LogP contribution in [-0.2, 0) is 20.3 Å². The van der Waals surface area contributed by atoms with Crippen LogP contribution in [0.15, 0.2) is 29.2 Å². The van der Waals surface area contributed by atoms with Crippen LogP contribution in [0.4, 0.5) is 0 Å². The number of rotatable bonds is 3. The van der Waals surface area contributed by atoms with E-state index in [4.69, 9.17) is 0 Å². The first-order chi connectivity index (χ1) is 6.63. The molecule has 3 nitrogen and oxygen atoms in total. The quantitative estimate of drug-likeness (QED) is 0.709. The number of ether oxygens (including phenoxy) is 1. The fraction of sp³-hybridized carbons (Fsp3) is 0.300. The Bertz CT molecular complexity index is 343. The van der Waals surface area contributed by atoms with Crippen LogP contribution in [0.5, 0.6) is 0 Å². The van der Waals surface area contributed by atoms with Gasteiger partial charge in [-0.3, -0.25) is 9.00 Å². The van der Waals surface area contributed by atoms with Gasteiger partial charge in [-0.25, -0.2) is 0 Å². The molecule has 0 fully saturated rings. The maximum absolute atomic E-state index is 11.5. The lowest BCUT2D eigenvalue weighted by molar-refractivity contribution is -0.137. The molecule has 1 atom stereocenters. The first kappa shape index (κ1) is 10.9. The third-order valence-corrected chi connectivity index (χ3v) is 3.06. The number of carbonyl (C=O) groups is 1. The Morgan fingerprint density at radius 2 is 1.93 bits per heavy atom. The first-order valence-corrected chi connectivity index (χ1v) is 5.47. The average molecular weight is 212 g/mol. The van der Waals surface area contributed by atoms with Crippen molar-refractivity contribution in [1.29, 1.82) is 0 Å². The molecule has 0 aromatic heterocycles. The van der Waals surface area contributed by atoms with E-state index < -0.39 is 16.8 Å². The van der Waals surface area contributed by atoms with Crippen molar-refractivity contribution in [2.24, 2.45) is 0 Å². The second kappa shape index (κ2) is 4.91. The minimum atomic E-state index is -1.30. The van der Waals surface area contributed by atoms with Crippen molar-refractivity contribution in [3.8, 4) is 0 Å². The highest BCUT2D eigenvalue weighted by molar-refractivity contribution is 7.85. The van der Waals surface area contributed by atoms with Crippen LogP contribution in [-0.4, -0.2) is 23.0 Å². The fourth-order valence-electron chi connectivity index (χ4n) is 0.939. The molecule has 0 saturated carbocycles. The molecular weight excluding hydrogens is 200 g/mol. The highest BCUT2D eigenvalue weighted by Crippen LogP contribution is 2.08. The van der Waals surface area contributed by atoms with E-state index in [0.29, 0.717) is 4.90 Å². The molecular formula is C10H12O3S. The molecule has 0 aliphatic heterocycles. The van der Waals surface area contributed by atoms with Gasteiger partial charge in [-0.2, -0.15) is 0 Å². The zero-order valence-electron chi connectivity index (χ0n) is 8.15. The van der Waals surface area contributed by atoms with E-state index in [2.05, 4.69) is 4.74 Å². The summed E-state index contributed by atoms with van der Waals surface area (Å²) in [6.07, 6.45) is 0. The second-order valence-electron chi connectivity index (χ2n) is 2.88. The summed E-state index contributed by atoms with van der Waals surface area (Å²) >= 11 is 0. The van der Waals surface area contributed by atoms with Crippen LogP contribution in [0, 0.1) is 6.92 Å². The van der Waals surface area contributed by atoms with E-state index in [1.807, 2.05) is 19.1 Å². The van der Waals surface area contributed by atoms with Crippen molar-refractivity contribution in [2.75, 3.05) is 12.9 Å². The van der Waals surface area contributed by atoms with Crippen LogP contribution in [0.2, 0.25) is 0 Å². The molecule has 0 unspecified atom stereocenters. The number of aryl methyl sites for hydroxylation is 1. The van der Waals surface area contributed by atoms with Gasteiger partial charge < -0.3 is 4.74 Å². The Morgan fingerprint density at radius 1 is 1.36 bits per heavy atom. The van der Waals surface area contributed by atoms with Gasteiger partial charge in [0.25, 0.3) is 0 Å². The maximum atomic E-state index is 11.5. The monoisotopic (exact) mass is 212 g/mol. The molecule has 4 heteroatoms. The molecule has 0 amide bonds. The highest BCUT2D eigenvalue weighted by Gasteiger charge is 2.09. The number of esters is 1. The summed E-state index contributed by atoms with van der Waals surface area (Å²) in [5.74, 6) is -0.538. The molecule has 0 saturated heterocycles. The number of hydrogen-bond donors (Lipinski definition) is 0. The van der Waals surface area contributed by atoms with Crippen LogP contribution in [0.1, 0.15) is 5.56 Å². The molecule has 0 heterocycles. The van der Waals surface area contributed by atoms with Gasteiger partial charge in [0.15, 0.2) is 0 Å². The van der Waals surface area contributed by atoms with E-state index >= 15 is 0 Å². The molecule has 14 heavy (non-hydrogen) atoms. The zero-order valence-corrected chi connectivity index (χ0v) is 8.97. The summed E-state index contributed by atoms with van der Waals surface area (Å²) in [6, 6.07) is 7.25. The lowest BCUT2D eigenvalue weighted by Gasteiger charge is -2.01. The summed E-state index contributed by atoms with van der Waals surface area (Å²) in [6.45, 7) is 1.95. The molecule has 1 rings (SSSR count). The SMILES string of the molecule is COC(=O)C[S@@](=O)c1ccc(C)cc1. The minimum absolute atomic E-state index is 0.0838. The van der Waals surface area contributed by atoms with E-state index in [9.17, 15) is 9.00 Å². The van der Waals surface area contributed by atoms with Crippen LogP contribution in [0.25, 0.3) is 0 Å². The number of benzene rings is 1. The molecule has 76 valence electrons. The number of methoxy groups -OCH3 is 1. The van der Waals surface area contributed by atoms with Crippen LogP contribution >= 0.6 is 0 Å². The summed E-state index contributed by atoms with van der Waals surface area (Å²) in [7, 11) is -0.00980. The number of hydrogen-bond acceptors (Lipinski definition) is 3. The van der Waals surface area contributed by atoms with E-state index in [1.165, 1.54) is 7.11 Å². The largest absolute Gasteiger partial charge is 0.468 e. The molecule has 0 aliphatic rings. The molecule has 0 bridgehead atoms. The van der Waals surface area contributed by atoms with Gasteiger partial charge in [-0.1, -0.05) is 17.7 Å². The lowest BCUT2D eigenvalue weighted by atomic mass is 10.2. The molecule has 0 radical (unpaired) electrons. The summed E-state index contributed by atoms with van der Waals surface area (Å²) in [4.78, 5) is 11.5. The Hall–Kier alpha value is -1.16. The van der Waals surface area contributed by atoms with E-state index in [1.54, 1.807) is 12.1 Å². The van der Waals surface area contributed by atoms with Crippen molar-refractivity contribution >= 4 is 16.8 Å². The fourth-order valence-corrected chi connectivity index (χ4v) is 1.88. The zero-order chi connectivity index (χ0) is 10.6. The van der Waals surface area contributed by atoms with Crippen molar-refractivity contribution in [1.82, 2.24) is 0 Å². The standard InChI is InChI=1S/C10H12O3S/c1-8-3-5-9(6-4-8)14(12)7-10(11)13-2/h3-6H,7H2,1-2H3/t14-/m1/s1. The Kier molecular flexibility index (Phi) is 3.83. The average Bonchev–Trinajstić information content (AvgIpc) is 2.18. The highest BCUT2D eigenvalue weighted by atomic mass is 32.2. The van der Waals surface area contributed by atoms with Crippen molar-refractivity contribution in [3.63, 3.8) is 0 Å². The first-order valence-electron chi connectivity index (χ1n) is 4.15. The molecule has 1 aromatic carbocycles. The second-order valence-corrected chi connectivity index (χ2v) is 4.33. The lowest BCUT2D eigenvalue weighted by Crippen LogP contribution is -2.11. The van der Waals surface area contributed by atoms with Gasteiger partial charge in [0.1, 0.15) is 5.75 Å². The normalized spacial score (nSPS) is 12.1. The molecule has 0 spiro atoms. The Labute approximate surface area is 85.5 Å². The topological polar surface area (TPSA) is 43.4 Å². The van der Waals surface area contributed by atoms with Gasteiger partial charge in [-0.15, -0.1) is 0 Å². The molecule has 1 aromatic rings. The van der Waals surface area contributed by atoms with Crippen LogP contribution in [0.3, 0.4) is 0 Å². The summed E-state index contributed by atoms with van der Waals surface area (Å²) in [5.41, 5.74) is 1.10. The van der Waals surface area contributed by atoms with Gasteiger partial charge in [0.05, 0.1) is 17.9 Å². The molecule has 0 aliphatic carbocycles. The third-order valence-electron chi connectivity index (χ3n) is 1.76. The summed E-state index contributed by atoms with van der Waals surface area (Å²) in [5, 5.41) is 0. The third kappa shape index (κ3) is 2.96. The van der Waals surface area contributed by atoms with E-state index in [0.717, 1.165) is 5.56 Å². The predicted molar refractivity (Wildman–Crippen MR) is 54.5 cm³/mol. The summed E-state index contributed by atoms with van der Waals surface area (Å²) < 4.78 is 16.0.